The van der Waals surface area contributed by atoms with Crippen molar-refractivity contribution in [2.45, 2.75) is 51.7 Å². The number of nitrogens with zero attached hydrogens (tertiary/aromatic N) is 1. The molecule has 0 unspecified atom stereocenters. The Morgan fingerprint density at radius 3 is 2.00 bits per heavy atom. The summed E-state index contributed by atoms with van der Waals surface area (Å²) in [4.78, 5) is 5.48. The van der Waals surface area contributed by atoms with Gasteiger partial charge in [0.25, 0.3) is 0 Å². The van der Waals surface area contributed by atoms with E-state index in [1.165, 1.54) is 22.0 Å². The third kappa shape index (κ3) is 3.17. The molecule has 2 fully saturated rings. The summed E-state index contributed by atoms with van der Waals surface area (Å²) in [7, 11) is 0. The van der Waals surface area contributed by atoms with E-state index < -0.39 is 11.0 Å². The number of aliphatic hydroxyl groups is 1. The van der Waals surface area contributed by atoms with Crippen molar-refractivity contribution in [3.05, 3.63) is 120 Å². The second kappa shape index (κ2) is 8.42. The van der Waals surface area contributed by atoms with Crippen LogP contribution in [0.1, 0.15) is 62.8 Å². The lowest BCUT2D eigenvalue weighted by atomic mass is 9.55. The highest BCUT2D eigenvalue weighted by Gasteiger charge is 2.71. The summed E-state index contributed by atoms with van der Waals surface area (Å²) in [6, 6.07) is 35.8. The van der Waals surface area contributed by atoms with E-state index in [4.69, 9.17) is 4.99 Å². The van der Waals surface area contributed by atoms with Crippen LogP contribution in [0.3, 0.4) is 0 Å². The van der Waals surface area contributed by atoms with E-state index in [0.717, 1.165) is 30.4 Å². The molecule has 1 N–H and O–H groups in total. The summed E-state index contributed by atoms with van der Waals surface area (Å²) in [6.45, 7) is 6.93. The normalized spacial score (nSPS) is 24.9. The van der Waals surface area contributed by atoms with Gasteiger partial charge in [-0.3, -0.25) is 4.99 Å². The Labute approximate surface area is 214 Å². The van der Waals surface area contributed by atoms with Crippen LogP contribution in [-0.4, -0.2) is 10.8 Å². The fourth-order valence-electron chi connectivity index (χ4n) is 7.52. The van der Waals surface area contributed by atoms with Crippen molar-refractivity contribution in [1.29, 1.82) is 0 Å². The van der Waals surface area contributed by atoms with Gasteiger partial charge in [-0.05, 0) is 71.0 Å². The minimum Gasteiger partial charge on any atom is -0.379 e. The topological polar surface area (TPSA) is 32.6 Å². The molecule has 0 heterocycles. The molecule has 6 rings (SSSR count). The van der Waals surface area contributed by atoms with Crippen LogP contribution in [0.25, 0.3) is 10.8 Å². The molecule has 36 heavy (non-hydrogen) atoms. The first kappa shape index (κ1) is 23.2. The molecule has 2 aliphatic rings. The Balaban J connectivity index is 1.54. The summed E-state index contributed by atoms with van der Waals surface area (Å²) in [5, 5.41) is 15.6. The van der Waals surface area contributed by atoms with Gasteiger partial charge in [-0.2, -0.15) is 0 Å². The van der Waals surface area contributed by atoms with Crippen molar-refractivity contribution in [2.75, 3.05) is 0 Å². The van der Waals surface area contributed by atoms with Gasteiger partial charge in [-0.25, -0.2) is 0 Å². The van der Waals surface area contributed by atoms with E-state index in [2.05, 4.69) is 87.5 Å². The Morgan fingerprint density at radius 1 is 0.806 bits per heavy atom. The molecule has 2 nitrogen and oxygen atoms in total. The number of hydrogen-bond acceptors (Lipinski definition) is 2. The number of benzene rings is 4. The van der Waals surface area contributed by atoms with Gasteiger partial charge in [0.15, 0.2) is 0 Å². The third-order valence-corrected chi connectivity index (χ3v) is 9.53. The molecule has 3 atom stereocenters. The highest BCUT2D eigenvalue weighted by molar-refractivity contribution is 5.97. The molecule has 0 radical (unpaired) electrons. The molecule has 0 amide bonds. The molecular formula is C34H35NO. The maximum absolute atomic E-state index is 13.1. The lowest BCUT2D eigenvalue weighted by Crippen LogP contribution is -2.55. The van der Waals surface area contributed by atoms with Gasteiger partial charge < -0.3 is 5.11 Å². The minimum atomic E-state index is -1.16. The Morgan fingerprint density at radius 2 is 1.39 bits per heavy atom. The zero-order valence-electron chi connectivity index (χ0n) is 21.5. The molecule has 2 aliphatic carbocycles. The number of hydrogen-bond donors (Lipinski definition) is 1. The molecular weight excluding hydrogens is 438 g/mol. The van der Waals surface area contributed by atoms with Gasteiger partial charge in [-0.15, -0.1) is 0 Å². The average Bonchev–Trinajstić information content (AvgIpc) is 3.31. The molecule has 0 aliphatic heterocycles. The SMILES string of the molecule is C[C@H](N=C1C[C@H]2CC[C@@]1(C(O)(c1ccccc1)c1ccccc1)C2(C)C)c1ccc2ccccc2c1. The zero-order chi connectivity index (χ0) is 25.0. The summed E-state index contributed by atoms with van der Waals surface area (Å²) >= 11 is 0. The van der Waals surface area contributed by atoms with Gasteiger partial charge >= 0.3 is 0 Å². The summed E-state index contributed by atoms with van der Waals surface area (Å²) in [5.74, 6) is 0.513. The molecule has 0 spiro atoms. The van der Waals surface area contributed by atoms with E-state index in [-0.39, 0.29) is 11.5 Å². The number of fused-ring (bicyclic) bond motifs is 3. The molecule has 4 aromatic carbocycles. The predicted octanol–water partition coefficient (Wildman–Crippen LogP) is 8.10. The fraction of sp³-hybridized carbons (Fsp3) is 0.324. The smallest absolute Gasteiger partial charge is 0.126 e. The summed E-state index contributed by atoms with van der Waals surface area (Å²) < 4.78 is 0. The lowest BCUT2D eigenvalue weighted by molar-refractivity contribution is -0.0632. The quantitative estimate of drug-likeness (QED) is 0.312. The molecule has 4 aromatic rings. The Bertz CT molecular complexity index is 1380. The van der Waals surface area contributed by atoms with Crippen LogP contribution in [0.2, 0.25) is 0 Å². The van der Waals surface area contributed by atoms with Crippen molar-refractivity contribution in [2.24, 2.45) is 21.7 Å². The van der Waals surface area contributed by atoms with Gasteiger partial charge in [0, 0.05) is 5.71 Å². The number of rotatable bonds is 5. The minimum absolute atomic E-state index is 0.0208. The molecule has 0 saturated heterocycles. The monoisotopic (exact) mass is 473 g/mol. The maximum Gasteiger partial charge on any atom is 0.126 e. The first-order valence-electron chi connectivity index (χ1n) is 13.3. The highest BCUT2D eigenvalue weighted by atomic mass is 16.3. The van der Waals surface area contributed by atoms with Gasteiger partial charge in [0.2, 0.25) is 0 Å². The predicted molar refractivity (Wildman–Crippen MR) is 149 cm³/mol. The van der Waals surface area contributed by atoms with E-state index in [0.29, 0.717) is 5.92 Å². The molecule has 2 bridgehead atoms. The van der Waals surface area contributed by atoms with Crippen molar-refractivity contribution in [1.82, 2.24) is 0 Å². The first-order valence-corrected chi connectivity index (χ1v) is 13.3. The van der Waals surface area contributed by atoms with Crippen LogP contribution in [0.4, 0.5) is 0 Å². The van der Waals surface area contributed by atoms with Crippen LogP contribution >= 0.6 is 0 Å². The van der Waals surface area contributed by atoms with Crippen LogP contribution < -0.4 is 0 Å². The maximum atomic E-state index is 13.1. The molecule has 2 saturated carbocycles. The lowest BCUT2D eigenvalue weighted by Gasteiger charge is -2.51. The van der Waals surface area contributed by atoms with E-state index >= 15 is 0 Å². The first-order chi connectivity index (χ1) is 17.4. The standard InChI is InChI=1S/C34H35NO/c1-24(26-19-18-25-12-10-11-13-27(25)22-26)35-31-23-30-20-21-33(31,32(30,2)3)34(36,28-14-6-4-7-15-28)29-16-8-5-9-17-29/h4-19,22,24,30,36H,20-21,23H2,1-3H3/t24-,30+,33-/m0/s1. The largest absolute Gasteiger partial charge is 0.379 e. The third-order valence-electron chi connectivity index (χ3n) is 9.53. The fourth-order valence-corrected chi connectivity index (χ4v) is 7.52. The van der Waals surface area contributed by atoms with Crippen molar-refractivity contribution in [3.8, 4) is 0 Å². The van der Waals surface area contributed by atoms with Crippen LogP contribution in [-0.2, 0) is 5.60 Å². The molecule has 0 aromatic heterocycles. The van der Waals surface area contributed by atoms with Gasteiger partial charge in [0.1, 0.15) is 5.60 Å². The van der Waals surface area contributed by atoms with Crippen molar-refractivity contribution in [3.63, 3.8) is 0 Å². The van der Waals surface area contributed by atoms with Crippen molar-refractivity contribution >= 4 is 16.5 Å². The second-order valence-corrected chi connectivity index (χ2v) is 11.4. The Hall–Kier alpha value is -3.23. The van der Waals surface area contributed by atoms with E-state index in [1.54, 1.807) is 0 Å². The molecule has 182 valence electrons. The van der Waals surface area contributed by atoms with Crippen molar-refractivity contribution < 1.29 is 5.11 Å². The number of aliphatic imine (C=N–C) groups is 1. The van der Waals surface area contributed by atoms with Gasteiger partial charge in [-0.1, -0.05) is 111 Å². The average molecular weight is 474 g/mol. The second-order valence-electron chi connectivity index (χ2n) is 11.4. The van der Waals surface area contributed by atoms with Crippen LogP contribution in [0, 0.1) is 16.7 Å². The van der Waals surface area contributed by atoms with Crippen LogP contribution in [0.15, 0.2) is 108 Å². The highest BCUT2D eigenvalue weighted by Crippen LogP contribution is 2.71. The molecule has 2 heteroatoms. The van der Waals surface area contributed by atoms with Crippen LogP contribution in [0.5, 0.6) is 0 Å². The van der Waals surface area contributed by atoms with Gasteiger partial charge in [0.05, 0.1) is 11.5 Å². The summed E-state index contributed by atoms with van der Waals surface area (Å²) in [6.07, 6.45) is 3.01. The van der Waals surface area contributed by atoms with E-state index in [9.17, 15) is 5.11 Å². The Kier molecular flexibility index (Phi) is 5.42. The zero-order valence-corrected chi connectivity index (χ0v) is 21.5. The van der Waals surface area contributed by atoms with E-state index in [1.807, 2.05) is 36.4 Å². The summed E-state index contributed by atoms with van der Waals surface area (Å²) in [5.41, 5.74) is 2.59.